The summed E-state index contributed by atoms with van der Waals surface area (Å²) in [5.74, 6) is -0.588. The van der Waals surface area contributed by atoms with Gasteiger partial charge in [-0.15, -0.1) is 11.3 Å². The molecular formula is C34H35ClF2N6O4S. The van der Waals surface area contributed by atoms with Crippen molar-refractivity contribution in [2.45, 2.75) is 84.6 Å². The molecule has 2 bridgehead atoms. The van der Waals surface area contributed by atoms with Gasteiger partial charge >= 0.3 is 12.2 Å². The molecule has 2 unspecified atom stereocenters. The summed E-state index contributed by atoms with van der Waals surface area (Å²) in [6, 6.07) is 5.94. The Hall–Kier alpha value is -4.28. The van der Waals surface area contributed by atoms with Crippen LogP contribution >= 0.6 is 22.9 Å². The smallest absolute Gasteiger partial charge is 0.412 e. The van der Waals surface area contributed by atoms with Crippen molar-refractivity contribution in [2.75, 3.05) is 23.3 Å². The number of aryl methyl sites for hydroxylation is 1. The molecule has 2 fully saturated rings. The first-order chi connectivity index (χ1) is 22.5. The fraction of sp³-hybridized carbons (Fsp3) is 0.441. The van der Waals surface area contributed by atoms with Crippen LogP contribution in [0.15, 0.2) is 18.2 Å². The number of hydrogen-bond donors (Lipinski definition) is 1. The zero-order chi connectivity index (χ0) is 34.9. The summed E-state index contributed by atoms with van der Waals surface area (Å²) in [6.45, 7) is 13.2. The number of aromatic nitrogens is 2. The number of thiophene rings is 1. The summed E-state index contributed by atoms with van der Waals surface area (Å²) in [6.07, 6.45) is 0.434. The fourth-order valence-corrected chi connectivity index (χ4v) is 7.80. The second-order valence-corrected chi connectivity index (χ2v) is 15.5. The predicted octanol–water partition coefficient (Wildman–Crippen LogP) is 8.56. The van der Waals surface area contributed by atoms with Crippen molar-refractivity contribution in [1.82, 2.24) is 14.9 Å². The molecule has 2 aliphatic rings. The van der Waals surface area contributed by atoms with Gasteiger partial charge in [0.1, 0.15) is 45.2 Å². The third kappa shape index (κ3) is 6.19. The van der Waals surface area contributed by atoms with Gasteiger partial charge in [-0.2, -0.15) is 5.26 Å². The number of halogens is 3. The lowest BCUT2D eigenvalue weighted by atomic mass is 9.97. The van der Waals surface area contributed by atoms with Gasteiger partial charge in [0, 0.05) is 29.4 Å². The van der Waals surface area contributed by atoms with Gasteiger partial charge in [-0.1, -0.05) is 17.7 Å². The number of rotatable bonds is 3. The predicted molar refractivity (Wildman–Crippen MR) is 182 cm³/mol. The lowest BCUT2D eigenvalue weighted by molar-refractivity contribution is 0.0122. The first kappa shape index (κ1) is 33.6. The van der Waals surface area contributed by atoms with Crippen LogP contribution in [0.1, 0.15) is 65.8 Å². The number of anilines is 2. The fourth-order valence-electron chi connectivity index (χ4n) is 6.44. The van der Waals surface area contributed by atoms with E-state index < -0.39 is 28.9 Å². The zero-order valence-corrected chi connectivity index (χ0v) is 29.2. The van der Waals surface area contributed by atoms with Crippen LogP contribution in [0.5, 0.6) is 0 Å². The molecule has 0 radical (unpaired) electrons. The van der Waals surface area contributed by atoms with E-state index in [1.165, 1.54) is 12.1 Å². The van der Waals surface area contributed by atoms with Gasteiger partial charge in [0.2, 0.25) is 0 Å². The monoisotopic (exact) mass is 696 g/mol. The summed E-state index contributed by atoms with van der Waals surface area (Å²) in [5.41, 5.74) is -1.37. The quantitative estimate of drug-likeness (QED) is 0.226. The van der Waals surface area contributed by atoms with Gasteiger partial charge in [-0.3, -0.25) is 10.2 Å². The van der Waals surface area contributed by atoms with Crippen molar-refractivity contribution in [2.24, 2.45) is 0 Å². The molecule has 2 amide bonds. The average molecular weight is 697 g/mol. The Balaban J connectivity index is 1.43. The molecule has 0 saturated carbocycles. The van der Waals surface area contributed by atoms with Crippen molar-refractivity contribution < 1.29 is 27.8 Å². The number of amides is 2. The topological polar surface area (TPSA) is 121 Å². The minimum absolute atomic E-state index is 0.00807. The lowest BCUT2D eigenvalue weighted by Crippen LogP contribution is -2.57. The highest BCUT2D eigenvalue weighted by molar-refractivity contribution is 7.23. The van der Waals surface area contributed by atoms with Crippen LogP contribution in [0.2, 0.25) is 5.02 Å². The van der Waals surface area contributed by atoms with Crippen LogP contribution in [0.4, 0.5) is 29.2 Å². The van der Waals surface area contributed by atoms with E-state index in [2.05, 4.69) is 10.3 Å². The SMILES string of the molecule is Cc1nc(N2CC3CCC(C2)N3C(=O)OC(C)(C)C)c2cc(Cl)c(-c3ccc(F)c4sc(NC(=O)OC(C)(C)C)c(C#N)c34)c(F)c2n1. The minimum atomic E-state index is -0.817. The molecule has 4 heterocycles. The van der Waals surface area contributed by atoms with E-state index in [9.17, 15) is 14.9 Å². The average Bonchev–Trinajstić information content (AvgIpc) is 3.46. The van der Waals surface area contributed by atoms with Gasteiger partial charge in [0.05, 0.1) is 27.4 Å². The number of nitrogens with zero attached hydrogens (tertiary/aromatic N) is 5. The van der Waals surface area contributed by atoms with Crippen molar-refractivity contribution >= 4 is 66.9 Å². The third-order valence-electron chi connectivity index (χ3n) is 8.15. The molecule has 2 atom stereocenters. The normalized spacial score (nSPS) is 17.9. The van der Waals surface area contributed by atoms with E-state index in [0.717, 1.165) is 24.2 Å². The molecule has 0 aliphatic carbocycles. The summed E-state index contributed by atoms with van der Waals surface area (Å²) in [7, 11) is 0. The lowest BCUT2D eigenvalue weighted by Gasteiger charge is -2.42. The van der Waals surface area contributed by atoms with Gasteiger partial charge in [0.25, 0.3) is 0 Å². The largest absolute Gasteiger partial charge is 0.444 e. The van der Waals surface area contributed by atoms with E-state index >= 15 is 8.78 Å². The molecule has 2 saturated heterocycles. The van der Waals surface area contributed by atoms with E-state index in [1.807, 2.05) is 36.6 Å². The number of carbonyl (C=O) groups excluding carboxylic acids is 2. The first-order valence-electron chi connectivity index (χ1n) is 15.5. The maximum absolute atomic E-state index is 16.8. The molecule has 2 aromatic heterocycles. The molecule has 252 valence electrons. The van der Waals surface area contributed by atoms with Crippen LogP contribution in [0.25, 0.3) is 32.1 Å². The molecule has 2 aliphatic heterocycles. The molecular weight excluding hydrogens is 662 g/mol. The highest BCUT2D eigenvalue weighted by atomic mass is 35.5. The van der Waals surface area contributed by atoms with E-state index in [4.69, 9.17) is 26.1 Å². The third-order valence-corrected chi connectivity index (χ3v) is 9.56. The molecule has 2 aromatic carbocycles. The standard InChI is InChI=1S/C34H35ClF2N6O4S/c1-16-39-27-20(29(40-16)42-14-17-8-9-18(15-42)43(17)32(45)47-34(5,6)7)12-22(35)25(26(27)37)19-10-11-23(36)28-24(19)21(13-38)30(48-28)41-31(44)46-33(2,3)4/h10-12,17-18H,8-9,14-15H2,1-7H3,(H,41,44). The highest BCUT2D eigenvalue weighted by Crippen LogP contribution is 2.46. The summed E-state index contributed by atoms with van der Waals surface area (Å²) >= 11 is 7.69. The van der Waals surface area contributed by atoms with Crippen LogP contribution in [-0.4, -0.2) is 63.4 Å². The van der Waals surface area contributed by atoms with Crippen molar-refractivity contribution in [1.29, 1.82) is 5.26 Å². The van der Waals surface area contributed by atoms with Gasteiger partial charge in [0.15, 0.2) is 5.82 Å². The Labute approximate surface area is 285 Å². The molecule has 0 spiro atoms. The zero-order valence-electron chi connectivity index (χ0n) is 27.6. The van der Waals surface area contributed by atoms with Gasteiger partial charge in [-0.05, 0) is 79.0 Å². The summed E-state index contributed by atoms with van der Waals surface area (Å²) in [4.78, 5) is 38.6. The molecule has 4 aromatic rings. The molecule has 1 N–H and O–H groups in total. The maximum Gasteiger partial charge on any atom is 0.412 e. The summed E-state index contributed by atoms with van der Waals surface area (Å²) < 4.78 is 43.0. The van der Waals surface area contributed by atoms with Crippen LogP contribution < -0.4 is 10.2 Å². The molecule has 14 heteroatoms. The number of carbonyl (C=O) groups is 2. The minimum Gasteiger partial charge on any atom is -0.444 e. The second kappa shape index (κ2) is 12.0. The Kier molecular flexibility index (Phi) is 8.40. The van der Waals surface area contributed by atoms with Crippen LogP contribution in [0, 0.1) is 29.9 Å². The van der Waals surface area contributed by atoms with Crippen molar-refractivity contribution in [3.8, 4) is 17.2 Å². The second-order valence-electron chi connectivity index (χ2n) is 14.1. The van der Waals surface area contributed by atoms with E-state index in [0.29, 0.717) is 30.1 Å². The number of ether oxygens (including phenoxy) is 2. The van der Waals surface area contributed by atoms with Crippen LogP contribution in [0.3, 0.4) is 0 Å². The first-order valence-corrected chi connectivity index (χ1v) is 16.7. The number of hydrogen-bond acceptors (Lipinski definition) is 9. The number of nitriles is 1. The Morgan fingerprint density at radius 1 is 1.06 bits per heavy atom. The Bertz CT molecular complexity index is 2020. The number of fused-ring (bicyclic) bond motifs is 4. The summed E-state index contributed by atoms with van der Waals surface area (Å²) in [5, 5.41) is 13.3. The molecule has 6 rings (SSSR count). The maximum atomic E-state index is 16.8. The van der Waals surface area contributed by atoms with Gasteiger partial charge < -0.3 is 14.4 Å². The molecule has 10 nitrogen and oxygen atoms in total. The van der Waals surface area contributed by atoms with Crippen molar-refractivity contribution in [3.63, 3.8) is 0 Å². The van der Waals surface area contributed by atoms with Crippen molar-refractivity contribution in [3.05, 3.63) is 46.2 Å². The Morgan fingerprint density at radius 2 is 1.71 bits per heavy atom. The molecule has 48 heavy (non-hydrogen) atoms. The highest BCUT2D eigenvalue weighted by Gasteiger charge is 2.45. The van der Waals surface area contributed by atoms with E-state index in [-0.39, 0.29) is 60.5 Å². The Morgan fingerprint density at radius 3 is 2.31 bits per heavy atom. The van der Waals surface area contributed by atoms with Gasteiger partial charge in [-0.25, -0.2) is 28.3 Å². The van der Waals surface area contributed by atoms with E-state index in [1.54, 1.807) is 33.8 Å². The number of benzene rings is 2. The van der Waals surface area contributed by atoms with Crippen LogP contribution in [-0.2, 0) is 9.47 Å². The number of piperazine rings is 1. The number of nitrogens with one attached hydrogen (secondary N) is 1.